The van der Waals surface area contributed by atoms with E-state index in [0.717, 1.165) is 16.7 Å². The van der Waals surface area contributed by atoms with Crippen molar-refractivity contribution in [2.24, 2.45) is 0 Å². The van der Waals surface area contributed by atoms with Crippen molar-refractivity contribution in [1.29, 1.82) is 0 Å². The van der Waals surface area contributed by atoms with Gasteiger partial charge in [0.05, 0.1) is 0 Å². The highest BCUT2D eigenvalue weighted by Gasteiger charge is 2.13. The van der Waals surface area contributed by atoms with Crippen molar-refractivity contribution >= 4 is 5.97 Å². The van der Waals surface area contributed by atoms with Crippen molar-refractivity contribution < 1.29 is 13.9 Å². The van der Waals surface area contributed by atoms with E-state index in [9.17, 15) is 9.59 Å². The number of hydrogen-bond acceptors (Lipinski definition) is 4. The van der Waals surface area contributed by atoms with E-state index in [1.165, 1.54) is 6.92 Å². The SMILES string of the molecule is CCc1cc(-c2ccc(C)c(=O)o2)cc(C)c1OC(C)=O. The van der Waals surface area contributed by atoms with Crippen LogP contribution in [0.1, 0.15) is 30.5 Å². The van der Waals surface area contributed by atoms with Gasteiger partial charge in [-0.2, -0.15) is 0 Å². The molecular formula is C17H18O4. The fourth-order valence-corrected chi connectivity index (χ4v) is 2.18. The van der Waals surface area contributed by atoms with Crippen LogP contribution in [0.2, 0.25) is 0 Å². The Kier molecular flexibility index (Phi) is 4.26. The van der Waals surface area contributed by atoms with E-state index >= 15 is 0 Å². The van der Waals surface area contributed by atoms with Gasteiger partial charge < -0.3 is 9.15 Å². The molecule has 0 aliphatic heterocycles. The molecule has 21 heavy (non-hydrogen) atoms. The minimum atomic E-state index is -0.345. The molecule has 0 aliphatic carbocycles. The van der Waals surface area contributed by atoms with Gasteiger partial charge in [-0.05, 0) is 55.7 Å². The van der Waals surface area contributed by atoms with Crippen molar-refractivity contribution in [1.82, 2.24) is 0 Å². The third-order valence-electron chi connectivity index (χ3n) is 3.27. The van der Waals surface area contributed by atoms with Gasteiger partial charge in [0, 0.05) is 18.1 Å². The topological polar surface area (TPSA) is 56.5 Å². The lowest BCUT2D eigenvalue weighted by Gasteiger charge is -2.13. The zero-order valence-electron chi connectivity index (χ0n) is 12.6. The third-order valence-corrected chi connectivity index (χ3v) is 3.27. The summed E-state index contributed by atoms with van der Waals surface area (Å²) in [6.07, 6.45) is 0.716. The van der Waals surface area contributed by atoms with Gasteiger partial charge in [-0.25, -0.2) is 4.79 Å². The Hall–Kier alpha value is -2.36. The number of aryl methyl sites for hydroxylation is 3. The lowest BCUT2D eigenvalue weighted by molar-refractivity contribution is -0.131. The molecule has 4 nitrogen and oxygen atoms in total. The summed E-state index contributed by atoms with van der Waals surface area (Å²) >= 11 is 0. The molecule has 0 amide bonds. The highest BCUT2D eigenvalue weighted by Crippen LogP contribution is 2.31. The lowest BCUT2D eigenvalue weighted by Crippen LogP contribution is -2.06. The van der Waals surface area contributed by atoms with Gasteiger partial charge in [-0.15, -0.1) is 0 Å². The summed E-state index contributed by atoms with van der Waals surface area (Å²) in [6, 6.07) is 7.25. The number of esters is 1. The molecule has 0 unspecified atom stereocenters. The fraction of sp³-hybridized carbons (Fsp3) is 0.294. The zero-order valence-corrected chi connectivity index (χ0v) is 12.6. The Morgan fingerprint density at radius 3 is 2.48 bits per heavy atom. The van der Waals surface area contributed by atoms with Crippen molar-refractivity contribution in [3.8, 4) is 17.1 Å². The van der Waals surface area contributed by atoms with E-state index in [0.29, 0.717) is 23.5 Å². The largest absolute Gasteiger partial charge is 0.426 e. The van der Waals surface area contributed by atoms with Crippen LogP contribution in [-0.4, -0.2) is 5.97 Å². The van der Waals surface area contributed by atoms with Gasteiger partial charge >= 0.3 is 11.6 Å². The second-order valence-electron chi connectivity index (χ2n) is 5.00. The predicted octanol–water partition coefficient (Wildman–Crippen LogP) is 3.41. The first-order chi connectivity index (χ1) is 9.92. The van der Waals surface area contributed by atoms with Gasteiger partial charge in [-0.3, -0.25) is 4.79 Å². The van der Waals surface area contributed by atoms with Crippen LogP contribution in [0.4, 0.5) is 0 Å². The number of carbonyl (C=O) groups excluding carboxylic acids is 1. The fourth-order valence-electron chi connectivity index (χ4n) is 2.18. The molecule has 110 valence electrons. The highest BCUT2D eigenvalue weighted by atomic mass is 16.5. The molecule has 4 heteroatoms. The van der Waals surface area contributed by atoms with Crippen LogP contribution in [0.15, 0.2) is 33.5 Å². The van der Waals surface area contributed by atoms with E-state index in [1.54, 1.807) is 19.1 Å². The summed E-state index contributed by atoms with van der Waals surface area (Å²) in [5.41, 5.74) is 2.78. The molecule has 0 bridgehead atoms. The molecule has 0 atom stereocenters. The first-order valence-electron chi connectivity index (χ1n) is 6.85. The molecule has 1 heterocycles. The maximum Gasteiger partial charge on any atom is 0.339 e. The summed E-state index contributed by atoms with van der Waals surface area (Å²) < 4.78 is 10.6. The van der Waals surface area contributed by atoms with Crippen LogP contribution >= 0.6 is 0 Å². The average Bonchev–Trinajstić information content (AvgIpc) is 2.43. The van der Waals surface area contributed by atoms with E-state index in [4.69, 9.17) is 9.15 Å². The van der Waals surface area contributed by atoms with Crippen molar-refractivity contribution in [3.05, 3.63) is 51.4 Å². The normalized spacial score (nSPS) is 10.5. The van der Waals surface area contributed by atoms with E-state index in [-0.39, 0.29) is 11.6 Å². The average molecular weight is 286 g/mol. The van der Waals surface area contributed by atoms with Crippen molar-refractivity contribution in [2.45, 2.75) is 34.1 Å². The summed E-state index contributed by atoms with van der Waals surface area (Å²) in [5.74, 6) is 0.753. The number of benzene rings is 1. The molecule has 1 aromatic carbocycles. The standard InChI is InChI=1S/C17H18O4/c1-5-13-9-14(8-11(3)16(13)20-12(4)18)15-7-6-10(2)17(19)21-15/h6-9H,5H2,1-4H3. The maximum absolute atomic E-state index is 11.6. The molecule has 0 fully saturated rings. The van der Waals surface area contributed by atoms with Crippen molar-refractivity contribution in [2.75, 3.05) is 0 Å². The second-order valence-corrected chi connectivity index (χ2v) is 5.00. The summed E-state index contributed by atoms with van der Waals surface area (Å²) in [4.78, 5) is 22.8. The minimum Gasteiger partial charge on any atom is -0.426 e. The molecule has 0 aliphatic rings. The first-order valence-corrected chi connectivity index (χ1v) is 6.85. The molecule has 2 rings (SSSR count). The highest BCUT2D eigenvalue weighted by molar-refractivity contribution is 5.72. The Morgan fingerprint density at radius 2 is 1.90 bits per heavy atom. The monoisotopic (exact) mass is 286 g/mol. The number of hydrogen-bond donors (Lipinski definition) is 0. The van der Waals surface area contributed by atoms with Crippen molar-refractivity contribution in [3.63, 3.8) is 0 Å². The Labute approximate surface area is 123 Å². The molecule has 1 aromatic heterocycles. The van der Waals surface area contributed by atoms with Gasteiger partial charge in [0.2, 0.25) is 0 Å². The van der Waals surface area contributed by atoms with Crippen LogP contribution in [-0.2, 0) is 11.2 Å². The number of rotatable bonds is 3. The maximum atomic E-state index is 11.6. The molecule has 0 N–H and O–H groups in total. The Bertz CT molecular complexity index is 741. The van der Waals surface area contributed by atoms with Crippen LogP contribution in [0.25, 0.3) is 11.3 Å². The number of ether oxygens (including phenoxy) is 1. The van der Waals surface area contributed by atoms with Gasteiger partial charge in [0.15, 0.2) is 0 Å². The Balaban J connectivity index is 2.56. The predicted molar refractivity (Wildman–Crippen MR) is 80.6 cm³/mol. The van der Waals surface area contributed by atoms with E-state index in [1.807, 2.05) is 26.0 Å². The third kappa shape index (κ3) is 3.21. The molecule has 0 radical (unpaired) electrons. The quantitative estimate of drug-likeness (QED) is 0.641. The van der Waals surface area contributed by atoms with Crippen LogP contribution < -0.4 is 10.4 Å². The summed E-state index contributed by atoms with van der Waals surface area (Å²) in [7, 11) is 0. The summed E-state index contributed by atoms with van der Waals surface area (Å²) in [6.45, 7) is 6.94. The van der Waals surface area contributed by atoms with Crippen LogP contribution in [0, 0.1) is 13.8 Å². The van der Waals surface area contributed by atoms with E-state index < -0.39 is 0 Å². The number of carbonyl (C=O) groups is 1. The smallest absolute Gasteiger partial charge is 0.339 e. The molecule has 0 saturated carbocycles. The summed E-state index contributed by atoms with van der Waals surface area (Å²) in [5, 5.41) is 0. The van der Waals surface area contributed by atoms with Gasteiger partial charge in [-0.1, -0.05) is 6.92 Å². The van der Waals surface area contributed by atoms with Gasteiger partial charge in [0.1, 0.15) is 11.5 Å². The van der Waals surface area contributed by atoms with Crippen LogP contribution in [0.5, 0.6) is 5.75 Å². The molecular weight excluding hydrogens is 268 g/mol. The molecule has 0 spiro atoms. The molecule has 0 saturated heterocycles. The second kappa shape index (κ2) is 5.95. The van der Waals surface area contributed by atoms with Crippen LogP contribution in [0.3, 0.4) is 0 Å². The van der Waals surface area contributed by atoms with Gasteiger partial charge in [0.25, 0.3) is 0 Å². The zero-order chi connectivity index (χ0) is 15.6. The molecule has 2 aromatic rings. The van der Waals surface area contributed by atoms with E-state index in [2.05, 4.69) is 0 Å². The minimum absolute atomic E-state index is 0.340. The Morgan fingerprint density at radius 1 is 1.19 bits per heavy atom. The lowest BCUT2D eigenvalue weighted by atomic mass is 10.0. The first kappa shape index (κ1) is 15.0.